The molecule has 7 N–H and O–H groups in total. The summed E-state index contributed by atoms with van der Waals surface area (Å²) in [6.45, 7) is 6.45. The number of likely N-dealkylation sites (tertiary alicyclic amines) is 1. The number of piperidine rings is 1. The van der Waals surface area contributed by atoms with Crippen molar-refractivity contribution < 1.29 is 29.0 Å². The minimum Gasteiger partial charge on any atom is -0.445 e. The molecule has 1 saturated heterocycles. The van der Waals surface area contributed by atoms with Gasteiger partial charge in [0.2, 0.25) is 17.7 Å². The smallest absolute Gasteiger partial charge is 0.408 e. The molecular formula is C45H56N8O6. The summed E-state index contributed by atoms with van der Waals surface area (Å²) < 4.78 is 5.49. The van der Waals surface area contributed by atoms with Gasteiger partial charge < -0.3 is 41.1 Å². The largest absolute Gasteiger partial charge is 0.445 e. The van der Waals surface area contributed by atoms with Crippen LogP contribution in [-0.2, 0) is 45.1 Å². The molecule has 1 fully saturated rings. The molecule has 14 nitrogen and oxygen atoms in total. The maximum atomic E-state index is 14.3. The number of nitrogens with one attached hydrogen (secondary N) is 6. The first-order valence-electron chi connectivity index (χ1n) is 20.5. The van der Waals surface area contributed by atoms with E-state index in [0.717, 1.165) is 54.5 Å². The maximum absolute atomic E-state index is 14.3. The molecule has 0 spiro atoms. The number of nitrogens with zero attached hydrogens (tertiary/aromatic N) is 2. The van der Waals surface area contributed by atoms with Crippen LogP contribution < -0.4 is 21.3 Å². The van der Waals surface area contributed by atoms with E-state index in [9.17, 15) is 24.3 Å². The summed E-state index contributed by atoms with van der Waals surface area (Å²) in [5.41, 5.74) is 4.19. The number of hydrogen-bond acceptors (Lipinski definition) is 8. The number of aromatic amines is 2. The molecule has 6 rings (SSSR count). The van der Waals surface area contributed by atoms with Crippen LogP contribution in [-0.4, -0.2) is 92.1 Å². The van der Waals surface area contributed by atoms with Crippen LogP contribution in [0.4, 0.5) is 4.79 Å². The normalized spacial score (nSPS) is 15.5. The number of benzene rings is 3. The van der Waals surface area contributed by atoms with Crippen LogP contribution in [0.5, 0.6) is 0 Å². The molecule has 14 heteroatoms. The third kappa shape index (κ3) is 12.7. The zero-order chi connectivity index (χ0) is 41.6. The second-order valence-electron chi connectivity index (χ2n) is 15.7. The Hall–Kier alpha value is -5.99. The highest BCUT2D eigenvalue weighted by Crippen LogP contribution is 2.20. The molecule has 0 aliphatic carbocycles. The first-order chi connectivity index (χ1) is 28.6. The van der Waals surface area contributed by atoms with Crippen LogP contribution in [0.15, 0.2) is 104 Å². The van der Waals surface area contributed by atoms with Crippen molar-refractivity contribution in [2.24, 2.45) is 5.92 Å². The Balaban J connectivity index is 1.17. The van der Waals surface area contributed by atoms with E-state index in [1.165, 1.54) is 11.9 Å². The maximum Gasteiger partial charge on any atom is 0.408 e. The lowest BCUT2D eigenvalue weighted by Gasteiger charge is -2.34. The van der Waals surface area contributed by atoms with Crippen molar-refractivity contribution in [3.8, 4) is 0 Å². The van der Waals surface area contributed by atoms with E-state index in [4.69, 9.17) is 4.74 Å². The minimum atomic E-state index is -1.28. The molecule has 0 bridgehead atoms. The minimum absolute atomic E-state index is 0.00561. The van der Waals surface area contributed by atoms with Gasteiger partial charge in [0.25, 0.3) is 0 Å². The predicted octanol–water partition coefficient (Wildman–Crippen LogP) is 4.52. The molecule has 0 radical (unpaired) electrons. The fourth-order valence-corrected chi connectivity index (χ4v) is 7.36. The van der Waals surface area contributed by atoms with Gasteiger partial charge in [-0.2, -0.15) is 0 Å². The number of fused-ring (bicyclic) bond motifs is 1. The van der Waals surface area contributed by atoms with Crippen LogP contribution >= 0.6 is 0 Å². The van der Waals surface area contributed by atoms with Crippen molar-refractivity contribution in [2.45, 2.75) is 95.8 Å². The molecule has 4 atom stereocenters. The predicted molar refractivity (Wildman–Crippen MR) is 225 cm³/mol. The lowest BCUT2D eigenvalue weighted by molar-refractivity contribution is -0.135. The summed E-state index contributed by atoms with van der Waals surface area (Å²) in [6.07, 6.45) is 5.23. The number of aromatic nitrogens is 3. The Kier molecular flexibility index (Phi) is 15.3. The molecule has 5 aromatic rings. The topological polar surface area (TPSA) is 194 Å². The fraction of sp³-hybridized carbons (Fsp3) is 0.400. The molecule has 1 aliphatic rings. The van der Waals surface area contributed by atoms with Gasteiger partial charge >= 0.3 is 6.09 Å². The van der Waals surface area contributed by atoms with Gasteiger partial charge in [0.1, 0.15) is 24.7 Å². The molecule has 59 heavy (non-hydrogen) atoms. The number of rotatable bonds is 19. The van der Waals surface area contributed by atoms with Crippen molar-refractivity contribution in [1.29, 1.82) is 0 Å². The van der Waals surface area contributed by atoms with Crippen LogP contribution in [0.3, 0.4) is 0 Å². The van der Waals surface area contributed by atoms with Gasteiger partial charge in [-0.3, -0.25) is 19.3 Å². The molecule has 2 unspecified atom stereocenters. The Morgan fingerprint density at radius 2 is 1.46 bits per heavy atom. The standard InChI is InChI=1S/C45H56N8O6/c1-30(2)17-18-40(54)41(44(57)49-34-19-21-53(22-20-34)27-31-11-5-3-6-12-31)52-43(56)39(24-35-26-46-29-48-35)50-42(55)38(23-33-25-47-37-16-10-9-15-36(33)37)51-45(58)59-28-32-13-7-4-8-14-32/h3-16,25-26,29-30,34,38-41,47,54H,17-24,27-28H2,1-2H3,(H,46,48)(H,49,57)(H,50,55)(H,51,58)(H,52,56)/t38-,39?,40-,41?/m0/s1. The zero-order valence-corrected chi connectivity index (χ0v) is 33.7. The number of imidazole rings is 1. The number of carbonyl (C=O) groups excluding carboxylic acids is 4. The quantitative estimate of drug-likeness (QED) is 0.0634. The summed E-state index contributed by atoms with van der Waals surface area (Å²) in [5, 5.41) is 23.8. The number of amides is 4. The number of ether oxygens (including phenoxy) is 1. The number of para-hydroxylation sites is 1. The molecule has 2 aromatic heterocycles. The molecule has 1 aliphatic heterocycles. The van der Waals surface area contributed by atoms with Gasteiger partial charge in [0.15, 0.2) is 0 Å². The van der Waals surface area contributed by atoms with Gasteiger partial charge in [-0.25, -0.2) is 9.78 Å². The second-order valence-corrected chi connectivity index (χ2v) is 15.7. The van der Waals surface area contributed by atoms with E-state index in [0.29, 0.717) is 12.1 Å². The molecule has 3 heterocycles. The van der Waals surface area contributed by atoms with Gasteiger partial charge in [0, 0.05) is 67.5 Å². The van der Waals surface area contributed by atoms with E-state index in [-0.39, 0.29) is 37.8 Å². The SMILES string of the molecule is CC(C)CC[C@H](O)C(NC(=O)C(Cc1cnc[nH]1)NC(=O)[C@H](Cc1c[nH]c2ccccc12)NC(=O)OCc1ccccc1)C(=O)NC1CCN(Cc2ccccc2)CC1. The van der Waals surface area contributed by atoms with Crippen LogP contribution in [0.25, 0.3) is 10.9 Å². The first-order valence-corrected chi connectivity index (χ1v) is 20.5. The monoisotopic (exact) mass is 804 g/mol. The lowest BCUT2D eigenvalue weighted by Crippen LogP contribution is -2.61. The first kappa shape index (κ1) is 42.6. The van der Waals surface area contributed by atoms with E-state index in [2.05, 4.69) is 53.3 Å². The van der Waals surface area contributed by atoms with Gasteiger partial charge in [-0.05, 0) is 54.4 Å². The summed E-state index contributed by atoms with van der Waals surface area (Å²) >= 11 is 0. The average Bonchev–Trinajstić information content (AvgIpc) is 3.92. The summed E-state index contributed by atoms with van der Waals surface area (Å²) in [4.78, 5) is 68.3. The third-order valence-corrected chi connectivity index (χ3v) is 10.7. The summed E-state index contributed by atoms with van der Waals surface area (Å²) in [7, 11) is 0. The van der Waals surface area contributed by atoms with E-state index in [1.54, 1.807) is 12.4 Å². The second kappa shape index (κ2) is 21.1. The van der Waals surface area contributed by atoms with Crippen LogP contribution in [0.1, 0.15) is 61.9 Å². The number of hydrogen-bond donors (Lipinski definition) is 7. The van der Waals surface area contributed by atoms with Gasteiger partial charge in [-0.15, -0.1) is 0 Å². The lowest BCUT2D eigenvalue weighted by atomic mass is 9.98. The highest BCUT2D eigenvalue weighted by atomic mass is 16.5. The highest BCUT2D eigenvalue weighted by Gasteiger charge is 2.35. The number of alkyl carbamates (subject to hydrolysis) is 1. The number of H-pyrrole nitrogens is 2. The van der Waals surface area contributed by atoms with Gasteiger partial charge in [-0.1, -0.05) is 92.7 Å². The van der Waals surface area contributed by atoms with Crippen molar-refractivity contribution in [3.05, 3.63) is 126 Å². The number of carbonyl (C=O) groups is 4. The molecule has 0 saturated carbocycles. The Bertz CT molecular complexity index is 2080. The summed E-state index contributed by atoms with van der Waals surface area (Å²) in [5.74, 6) is -1.55. The average molecular weight is 805 g/mol. The molecule has 3 aromatic carbocycles. The van der Waals surface area contributed by atoms with Crippen molar-refractivity contribution in [2.75, 3.05) is 13.1 Å². The number of aliphatic hydroxyl groups is 1. The van der Waals surface area contributed by atoms with E-state index in [1.807, 2.05) is 86.6 Å². The van der Waals surface area contributed by atoms with E-state index >= 15 is 0 Å². The Morgan fingerprint density at radius 1 is 0.797 bits per heavy atom. The zero-order valence-electron chi connectivity index (χ0n) is 33.7. The molecule has 312 valence electrons. The molecular weight excluding hydrogens is 749 g/mol. The number of aliphatic hydroxyl groups excluding tert-OH is 1. The molecule has 4 amide bonds. The van der Waals surface area contributed by atoms with Gasteiger partial charge in [0.05, 0.1) is 12.4 Å². The van der Waals surface area contributed by atoms with E-state index < -0.39 is 48.0 Å². The highest BCUT2D eigenvalue weighted by molar-refractivity contribution is 5.95. The van der Waals surface area contributed by atoms with Crippen molar-refractivity contribution in [1.82, 2.24) is 41.1 Å². The Labute approximate surface area is 344 Å². The third-order valence-electron chi connectivity index (χ3n) is 10.7. The summed E-state index contributed by atoms with van der Waals surface area (Å²) in [6, 6.07) is 23.3. The van der Waals surface area contributed by atoms with Crippen LogP contribution in [0.2, 0.25) is 0 Å². The fourth-order valence-electron chi connectivity index (χ4n) is 7.36. The van der Waals surface area contributed by atoms with Crippen molar-refractivity contribution in [3.63, 3.8) is 0 Å². The van der Waals surface area contributed by atoms with Crippen LogP contribution in [0, 0.1) is 5.92 Å². The Morgan fingerprint density at radius 3 is 2.15 bits per heavy atom. The van der Waals surface area contributed by atoms with Crippen molar-refractivity contribution >= 4 is 34.7 Å².